The summed E-state index contributed by atoms with van der Waals surface area (Å²) in [4.78, 5) is 15.8. The lowest BCUT2D eigenvalue weighted by Gasteiger charge is -2.34. The lowest BCUT2D eigenvalue weighted by atomic mass is 9.85. The second-order valence-electron chi connectivity index (χ2n) is 8.43. The molecule has 0 amide bonds. The predicted octanol–water partition coefficient (Wildman–Crippen LogP) is 4.03. The van der Waals surface area contributed by atoms with Crippen molar-refractivity contribution < 1.29 is 4.92 Å². The Labute approximate surface area is 167 Å². The minimum Gasteiger partial charge on any atom is -0.379 e. The standard InChI is InChI=1S/C22H30N4O2/c1-22(2,16-18-7-5-4-6-8-18)17-23-20-15-19(9-10-21(20)26(27)28)25-13-11-24(3)12-14-25/h4-10,15,23H,11-14,16-17H2,1-3H3. The summed E-state index contributed by atoms with van der Waals surface area (Å²) >= 11 is 0. The Morgan fingerprint density at radius 2 is 1.75 bits per heavy atom. The van der Waals surface area contributed by atoms with Gasteiger partial charge in [-0.15, -0.1) is 0 Å². The van der Waals surface area contributed by atoms with Crippen LogP contribution in [0.4, 0.5) is 17.1 Å². The van der Waals surface area contributed by atoms with Gasteiger partial charge in [0.2, 0.25) is 0 Å². The highest BCUT2D eigenvalue weighted by atomic mass is 16.6. The average Bonchev–Trinajstić information content (AvgIpc) is 2.67. The van der Waals surface area contributed by atoms with Crippen LogP contribution in [0.15, 0.2) is 48.5 Å². The van der Waals surface area contributed by atoms with E-state index < -0.39 is 0 Å². The van der Waals surface area contributed by atoms with Crippen LogP contribution in [0.1, 0.15) is 19.4 Å². The minimum atomic E-state index is -0.305. The first-order valence-corrected chi connectivity index (χ1v) is 9.84. The molecule has 28 heavy (non-hydrogen) atoms. The Kier molecular flexibility index (Phi) is 6.19. The maximum absolute atomic E-state index is 11.5. The summed E-state index contributed by atoms with van der Waals surface area (Å²) in [5, 5.41) is 14.9. The molecule has 0 atom stereocenters. The Balaban J connectivity index is 1.73. The van der Waals surface area contributed by atoms with E-state index in [0.717, 1.165) is 38.3 Å². The van der Waals surface area contributed by atoms with Crippen molar-refractivity contribution in [1.29, 1.82) is 0 Å². The van der Waals surface area contributed by atoms with Crippen LogP contribution in [0.25, 0.3) is 0 Å². The molecule has 6 nitrogen and oxygen atoms in total. The lowest BCUT2D eigenvalue weighted by Crippen LogP contribution is -2.44. The van der Waals surface area contributed by atoms with Gasteiger partial charge in [-0.2, -0.15) is 0 Å². The van der Waals surface area contributed by atoms with Gasteiger partial charge in [0, 0.05) is 44.5 Å². The molecule has 6 heteroatoms. The zero-order chi connectivity index (χ0) is 20.1. The molecule has 0 bridgehead atoms. The number of hydrogen-bond donors (Lipinski definition) is 1. The van der Waals surface area contributed by atoms with E-state index in [1.54, 1.807) is 6.07 Å². The van der Waals surface area contributed by atoms with Crippen LogP contribution >= 0.6 is 0 Å². The van der Waals surface area contributed by atoms with E-state index >= 15 is 0 Å². The zero-order valence-corrected chi connectivity index (χ0v) is 17.0. The first kappa shape index (κ1) is 20.1. The number of piperazine rings is 1. The van der Waals surface area contributed by atoms with Gasteiger partial charge in [0.15, 0.2) is 0 Å². The fourth-order valence-electron chi connectivity index (χ4n) is 3.63. The monoisotopic (exact) mass is 382 g/mol. The van der Waals surface area contributed by atoms with Crippen LogP contribution < -0.4 is 10.2 Å². The number of rotatable bonds is 7. The molecule has 1 heterocycles. The predicted molar refractivity (Wildman–Crippen MR) is 115 cm³/mol. The second-order valence-corrected chi connectivity index (χ2v) is 8.43. The normalized spacial score (nSPS) is 15.5. The topological polar surface area (TPSA) is 61.7 Å². The van der Waals surface area contributed by atoms with E-state index in [-0.39, 0.29) is 16.0 Å². The Morgan fingerprint density at radius 3 is 2.39 bits per heavy atom. The van der Waals surface area contributed by atoms with Gasteiger partial charge in [0.1, 0.15) is 5.69 Å². The van der Waals surface area contributed by atoms with Crippen LogP contribution in [-0.4, -0.2) is 49.6 Å². The molecule has 1 aliphatic rings. The van der Waals surface area contributed by atoms with Gasteiger partial charge < -0.3 is 15.1 Å². The van der Waals surface area contributed by atoms with Gasteiger partial charge in [-0.3, -0.25) is 10.1 Å². The Morgan fingerprint density at radius 1 is 1.07 bits per heavy atom. The first-order valence-electron chi connectivity index (χ1n) is 9.84. The second kappa shape index (κ2) is 8.61. The molecule has 0 aromatic heterocycles. The molecule has 0 radical (unpaired) electrons. The summed E-state index contributed by atoms with van der Waals surface area (Å²) in [6.45, 7) is 8.91. The SMILES string of the molecule is CN1CCN(c2ccc([N+](=O)[O-])c(NCC(C)(C)Cc3ccccc3)c2)CC1. The van der Waals surface area contributed by atoms with Gasteiger partial charge in [-0.25, -0.2) is 0 Å². The number of likely N-dealkylation sites (N-methyl/N-ethyl adjacent to an activating group) is 1. The van der Waals surface area contributed by atoms with Crippen LogP contribution in [0.5, 0.6) is 0 Å². The lowest BCUT2D eigenvalue weighted by molar-refractivity contribution is -0.384. The third-order valence-corrected chi connectivity index (χ3v) is 5.33. The van der Waals surface area contributed by atoms with Crippen molar-refractivity contribution >= 4 is 17.1 Å². The molecule has 0 saturated carbocycles. The molecule has 2 aromatic carbocycles. The van der Waals surface area contributed by atoms with Crippen molar-refractivity contribution in [3.8, 4) is 0 Å². The molecule has 1 aliphatic heterocycles. The van der Waals surface area contributed by atoms with Gasteiger partial charge in [-0.1, -0.05) is 44.2 Å². The molecule has 1 N–H and O–H groups in total. The smallest absolute Gasteiger partial charge is 0.292 e. The van der Waals surface area contributed by atoms with Crippen molar-refractivity contribution in [3.63, 3.8) is 0 Å². The number of anilines is 2. The molecule has 0 spiro atoms. The average molecular weight is 383 g/mol. The summed E-state index contributed by atoms with van der Waals surface area (Å²) < 4.78 is 0. The van der Waals surface area contributed by atoms with Gasteiger partial charge in [0.25, 0.3) is 5.69 Å². The molecule has 150 valence electrons. The van der Waals surface area contributed by atoms with Crippen molar-refractivity contribution in [2.45, 2.75) is 20.3 Å². The molecule has 3 rings (SSSR count). The van der Waals surface area contributed by atoms with Crippen LogP contribution in [0.2, 0.25) is 0 Å². The number of nitrogens with one attached hydrogen (secondary N) is 1. The molecule has 0 unspecified atom stereocenters. The van der Waals surface area contributed by atoms with E-state index in [9.17, 15) is 10.1 Å². The number of nitro groups is 1. The van der Waals surface area contributed by atoms with Crippen molar-refractivity contribution in [1.82, 2.24) is 4.90 Å². The number of nitro benzene ring substituents is 1. The summed E-state index contributed by atoms with van der Waals surface area (Å²) in [6.07, 6.45) is 0.910. The highest BCUT2D eigenvalue weighted by molar-refractivity contribution is 5.69. The highest BCUT2D eigenvalue weighted by Gasteiger charge is 2.23. The van der Waals surface area contributed by atoms with Crippen molar-refractivity contribution in [3.05, 3.63) is 64.2 Å². The summed E-state index contributed by atoms with van der Waals surface area (Å²) in [5.41, 5.74) is 3.02. The fourth-order valence-corrected chi connectivity index (χ4v) is 3.63. The summed E-state index contributed by atoms with van der Waals surface area (Å²) in [7, 11) is 2.12. The van der Waals surface area contributed by atoms with E-state index in [1.165, 1.54) is 5.56 Å². The summed E-state index contributed by atoms with van der Waals surface area (Å²) in [6, 6.07) is 15.8. The fraction of sp³-hybridized carbons (Fsp3) is 0.455. The number of nitrogens with zero attached hydrogens (tertiary/aromatic N) is 3. The van der Waals surface area contributed by atoms with Gasteiger partial charge >= 0.3 is 0 Å². The third kappa shape index (κ3) is 5.23. The summed E-state index contributed by atoms with van der Waals surface area (Å²) in [5.74, 6) is 0. The quantitative estimate of drug-likeness (QED) is 0.579. The number of benzene rings is 2. The molecule has 0 aliphatic carbocycles. The van der Waals surface area contributed by atoms with Gasteiger partial charge in [0.05, 0.1) is 4.92 Å². The van der Waals surface area contributed by atoms with Crippen molar-refractivity contribution in [2.75, 3.05) is 50.0 Å². The van der Waals surface area contributed by atoms with E-state index in [4.69, 9.17) is 0 Å². The van der Waals surface area contributed by atoms with E-state index in [2.05, 4.69) is 48.1 Å². The molecular formula is C22H30N4O2. The van der Waals surface area contributed by atoms with Crippen LogP contribution in [-0.2, 0) is 6.42 Å². The van der Waals surface area contributed by atoms with E-state index in [0.29, 0.717) is 12.2 Å². The zero-order valence-electron chi connectivity index (χ0n) is 17.0. The maximum atomic E-state index is 11.5. The van der Waals surface area contributed by atoms with Crippen LogP contribution in [0, 0.1) is 15.5 Å². The van der Waals surface area contributed by atoms with Gasteiger partial charge in [-0.05, 0) is 36.6 Å². The molecule has 1 fully saturated rings. The highest BCUT2D eigenvalue weighted by Crippen LogP contribution is 2.32. The largest absolute Gasteiger partial charge is 0.379 e. The molecular weight excluding hydrogens is 352 g/mol. The first-order chi connectivity index (χ1) is 13.3. The molecule has 1 saturated heterocycles. The number of hydrogen-bond acceptors (Lipinski definition) is 5. The molecule has 2 aromatic rings. The minimum absolute atomic E-state index is 0.0287. The maximum Gasteiger partial charge on any atom is 0.292 e. The van der Waals surface area contributed by atoms with Crippen molar-refractivity contribution in [2.24, 2.45) is 5.41 Å². The van der Waals surface area contributed by atoms with E-state index in [1.807, 2.05) is 30.3 Å². The van der Waals surface area contributed by atoms with Crippen LogP contribution in [0.3, 0.4) is 0 Å². The Bertz CT molecular complexity index is 799. The Hall–Kier alpha value is -2.60. The third-order valence-electron chi connectivity index (χ3n) is 5.33.